The number of primary amides is 1. The van der Waals surface area contributed by atoms with Crippen LogP contribution in [-0.2, 0) is 16.0 Å². The van der Waals surface area contributed by atoms with Gasteiger partial charge in [0.2, 0.25) is 11.8 Å². The first-order valence-corrected chi connectivity index (χ1v) is 11.1. The number of aryl methyl sites for hydroxylation is 1. The Balaban J connectivity index is 1.49. The number of carbonyl (C=O) groups excluding carboxylic acids is 2. The molecule has 7 nitrogen and oxygen atoms in total. The summed E-state index contributed by atoms with van der Waals surface area (Å²) in [4.78, 5) is 38.7. The quantitative estimate of drug-likeness (QED) is 0.463. The zero-order chi connectivity index (χ0) is 24.0. The minimum absolute atomic E-state index is 0.0837. The summed E-state index contributed by atoms with van der Waals surface area (Å²) < 4.78 is 24.6. The fourth-order valence-corrected chi connectivity index (χ4v) is 4.64. The van der Waals surface area contributed by atoms with Gasteiger partial charge in [-0.3, -0.25) is 9.59 Å². The van der Waals surface area contributed by atoms with Gasteiger partial charge < -0.3 is 19.5 Å². The zero-order valence-corrected chi connectivity index (χ0v) is 18.6. The highest BCUT2D eigenvalue weighted by Crippen LogP contribution is 2.34. The van der Waals surface area contributed by atoms with Crippen molar-refractivity contribution in [1.29, 1.82) is 0 Å². The van der Waals surface area contributed by atoms with Gasteiger partial charge in [0.05, 0.1) is 18.2 Å². The van der Waals surface area contributed by atoms with Crippen molar-refractivity contribution in [2.24, 2.45) is 11.7 Å². The minimum atomic E-state index is -0.560. The van der Waals surface area contributed by atoms with E-state index in [9.17, 15) is 18.8 Å². The molecular weight excluding hydrogens is 439 g/mol. The number of piperidine rings is 1. The third-order valence-corrected chi connectivity index (χ3v) is 6.71. The highest BCUT2D eigenvalue weighted by Gasteiger charge is 2.27. The molecule has 0 unspecified atom stereocenters. The smallest absolute Gasteiger partial charge is 0.340 e. The van der Waals surface area contributed by atoms with Crippen LogP contribution < -0.4 is 11.4 Å². The second kappa shape index (κ2) is 8.44. The molecule has 0 atom stereocenters. The normalized spacial score (nSPS) is 14.7. The van der Waals surface area contributed by atoms with Gasteiger partial charge in [0.25, 0.3) is 0 Å². The molecule has 0 aliphatic carbocycles. The van der Waals surface area contributed by atoms with Gasteiger partial charge in [-0.1, -0.05) is 12.1 Å². The summed E-state index contributed by atoms with van der Waals surface area (Å²) in [6, 6.07) is 9.65. The number of carbonyl (C=O) groups is 2. The topological polar surface area (TPSA) is 107 Å². The predicted octanol–water partition coefficient (Wildman–Crippen LogP) is 3.92. The first-order valence-electron chi connectivity index (χ1n) is 11.1. The molecule has 1 saturated heterocycles. The van der Waals surface area contributed by atoms with Gasteiger partial charge in [0, 0.05) is 41.4 Å². The van der Waals surface area contributed by atoms with Gasteiger partial charge in [0.15, 0.2) is 0 Å². The number of nitrogens with zero attached hydrogens (tertiary/aromatic N) is 1. The Morgan fingerprint density at radius 2 is 1.79 bits per heavy atom. The molecule has 0 bridgehead atoms. The Labute approximate surface area is 193 Å². The minimum Gasteiger partial charge on any atom is -0.464 e. The molecule has 1 aliphatic heterocycles. The number of nitrogens with two attached hydrogens (primary N) is 1. The Bertz CT molecular complexity index is 1480. The van der Waals surface area contributed by atoms with Gasteiger partial charge >= 0.3 is 5.63 Å². The SMILES string of the molecule is Cc1c(CC(=O)N2CCC(C(N)=O)CC2)c(=O)oc2cc3occ(-c4ccc(F)cc4)c3cc12. The maximum absolute atomic E-state index is 13.4. The average molecular weight is 462 g/mol. The number of furan rings is 1. The number of benzene rings is 2. The summed E-state index contributed by atoms with van der Waals surface area (Å²) >= 11 is 0. The number of amides is 2. The summed E-state index contributed by atoms with van der Waals surface area (Å²) in [5.74, 6) is -1.07. The lowest BCUT2D eigenvalue weighted by atomic mass is 9.95. The van der Waals surface area contributed by atoms with E-state index in [1.165, 1.54) is 12.1 Å². The Hall–Kier alpha value is -3.94. The lowest BCUT2D eigenvalue weighted by Crippen LogP contribution is -2.42. The van der Waals surface area contributed by atoms with E-state index < -0.39 is 5.63 Å². The van der Waals surface area contributed by atoms with Crippen molar-refractivity contribution in [3.05, 3.63) is 70.0 Å². The lowest BCUT2D eigenvalue weighted by Gasteiger charge is -2.30. The van der Waals surface area contributed by atoms with Crippen LogP contribution in [0.1, 0.15) is 24.0 Å². The van der Waals surface area contributed by atoms with Crippen LogP contribution in [0.2, 0.25) is 0 Å². The Kier molecular flexibility index (Phi) is 5.43. The van der Waals surface area contributed by atoms with Crippen molar-refractivity contribution in [1.82, 2.24) is 4.90 Å². The molecule has 2 amide bonds. The molecule has 0 radical (unpaired) electrons. The number of rotatable bonds is 4. The van der Waals surface area contributed by atoms with Crippen molar-refractivity contribution in [2.45, 2.75) is 26.2 Å². The molecule has 2 aromatic heterocycles. The van der Waals surface area contributed by atoms with Crippen LogP contribution in [0.15, 0.2) is 56.3 Å². The van der Waals surface area contributed by atoms with Crippen LogP contribution in [0.5, 0.6) is 0 Å². The van der Waals surface area contributed by atoms with E-state index in [4.69, 9.17) is 14.6 Å². The fraction of sp³-hybridized carbons (Fsp3) is 0.269. The van der Waals surface area contributed by atoms with Gasteiger partial charge in [-0.15, -0.1) is 0 Å². The molecule has 1 fully saturated rings. The van der Waals surface area contributed by atoms with Crippen molar-refractivity contribution in [3.8, 4) is 11.1 Å². The van der Waals surface area contributed by atoms with Crippen LogP contribution in [0, 0.1) is 18.7 Å². The first-order chi connectivity index (χ1) is 16.3. The molecule has 174 valence electrons. The maximum atomic E-state index is 13.4. The molecule has 0 saturated carbocycles. The van der Waals surface area contributed by atoms with Gasteiger partial charge in [-0.2, -0.15) is 0 Å². The Morgan fingerprint density at radius 1 is 1.09 bits per heavy atom. The standard InChI is InChI=1S/C26H23FN2O5/c1-14-18-10-20-21(15-2-4-17(27)5-3-15)13-33-22(20)12-23(18)34-26(32)19(14)11-24(30)29-8-6-16(7-9-29)25(28)31/h2-5,10,12-13,16H,6-9,11H2,1H3,(H2,28,31). The Morgan fingerprint density at radius 3 is 2.47 bits per heavy atom. The largest absolute Gasteiger partial charge is 0.464 e. The maximum Gasteiger partial charge on any atom is 0.340 e. The number of halogens is 1. The zero-order valence-electron chi connectivity index (χ0n) is 18.6. The summed E-state index contributed by atoms with van der Waals surface area (Å²) in [6.45, 7) is 2.66. The van der Waals surface area contributed by atoms with Gasteiger partial charge in [-0.05, 0) is 49.1 Å². The van der Waals surface area contributed by atoms with Crippen molar-refractivity contribution in [2.75, 3.05) is 13.1 Å². The van der Waals surface area contributed by atoms with Crippen molar-refractivity contribution < 1.29 is 22.8 Å². The first kappa shape index (κ1) is 21.9. The van der Waals surface area contributed by atoms with Crippen LogP contribution in [0.3, 0.4) is 0 Å². The van der Waals surface area contributed by atoms with E-state index in [1.54, 1.807) is 36.3 Å². The number of hydrogen-bond donors (Lipinski definition) is 1. The summed E-state index contributed by atoms with van der Waals surface area (Å²) in [6.07, 6.45) is 2.55. The van der Waals surface area contributed by atoms with Crippen LogP contribution in [0.25, 0.3) is 33.1 Å². The summed E-state index contributed by atoms with van der Waals surface area (Å²) in [5.41, 5.74) is 8.28. The number of likely N-dealkylation sites (tertiary alicyclic amines) is 1. The average Bonchev–Trinajstić information content (AvgIpc) is 3.24. The molecule has 1 aliphatic rings. The van der Waals surface area contributed by atoms with E-state index in [-0.39, 0.29) is 30.0 Å². The van der Waals surface area contributed by atoms with E-state index in [0.717, 1.165) is 16.5 Å². The number of hydrogen-bond acceptors (Lipinski definition) is 5. The van der Waals surface area contributed by atoms with E-state index >= 15 is 0 Å². The van der Waals surface area contributed by atoms with E-state index in [2.05, 4.69) is 0 Å². The van der Waals surface area contributed by atoms with Crippen LogP contribution >= 0.6 is 0 Å². The second-order valence-corrected chi connectivity index (χ2v) is 8.73. The molecule has 2 N–H and O–H groups in total. The van der Waals surface area contributed by atoms with Gasteiger partial charge in [0.1, 0.15) is 17.0 Å². The monoisotopic (exact) mass is 462 g/mol. The van der Waals surface area contributed by atoms with Crippen molar-refractivity contribution in [3.63, 3.8) is 0 Å². The fourth-order valence-electron chi connectivity index (χ4n) is 4.64. The van der Waals surface area contributed by atoms with Crippen LogP contribution in [0.4, 0.5) is 4.39 Å². The number of fused-ring (bicyclic) bond motifs is 2. The summed E-state index contributed by atoms with van der Waals surface area (Å²) in [5, 5.41) is 1.49. The molecule has 5 rings (SSSR count). The predicted molar refractivity (Wildman–Crippen MR) is 125 cm³/mol. The van der Waals surface area contributed by atoms with Crippen molar-refractivity contribution >= 4 is 33.8 Å². The van der Waals surface area contributed by atoms with Gasteiger partial charge in [-0.25, -0.2) is 9.18 Å². The molecular formula is C26H23FN2O5. The van der Waals surface area contributed by atoms with E-state index in [1.807, 2.05) is 6.07 Å². The summed E-state index contributed by atoms with van der Waals surface area (Å²) in [7, 11) is 0. The highest BCUT2D eigenvalue weighted by atomic mass is 19.1. The highest BCUT2D eigenvalue weighted by molar-refractivity contribution is 6.02. The molecule has 4 aromatic rings. The third-order valence-electron chi connectivity index (χ3n) is 6.71. The second-order valence-electron chi connectivity index (χ2n) is 8.73. The third kappa shape index (κ3) is 3.85. The molecule has 8 heteroatoms. The van der Waals surface area contributed by atoms with Crippen LogP contribution in [-0.4, -0.2) is 29.8 Å². The van der Waals surface area contributed by atoms with E-state index in [0.29, 0.717) is 53.6 Å². The lowest BCUT2D eigenvalue weighted by molar-refractivity contribution is -0.134. The molecule has 0 spiro atoms. The molecule has 3 heterocycles. The molecule has 2 aromatic carbocycles. The molecule has 34 heavy (non-hydrogen) atoms.